The van der Waals surface area contributed by atoms with Crippen LogP contribution in [0.5, 0.6) is 0 Å². The Labute approximate surface area is 149 Å². The quantitative estimate of drug-likeness (QED) is 0.477. The van der Waals surface area contributed by atoms with Crippen molar-refractivity contribution in [1.29, 1.82) is 0 Å². The van der Waals surface area contributed by atoms with Crippen LogP contribution in [0, 0.1) is 24.7 Å². The number of aryl methyl sites for hydroxylation is 1. The average Bonchev–Trinajstić information content (AvgIpc) is 2.63. The Hall–Kier alpha value is -1.04. The van der Waals surface area contributed by atoms with Gasteiger partial charge in [0, 0.05) is 0 Å². The van der Waals surface area contributed by atoms with Crippen molar-refractivity contribution >= 4 is 0 Å². The highest BCUT2D eigenvalue weighted by Crippen LogP contribution is 2.43. The zero-order chi connectivity index (χ0) is 16.8. The van der Waals surface area contributed by atoms with Crippen molar-refractivity contribution in [2.24, 2.45) is 17.8 Å². The van der Waals surface area contributed by atoms with Crippen LogP contribution in [0.2, 0.25) is 0 Å². The highest BCUT2D eigenvalue weighted by atomic mass is 14.3. The van der Waals surface area contributed by atoms with Crippen LogP contribution >= 0.6 is 0 Å². The Kier molecular flexibility index (Phi) is 6.58. The van der Waals surface area contributed by atoms with Gasteiger partial charge < -0.3 is 0 Å². The molecule has 0 bridgehead atoms. The number of hydrogen-bond acceptors (Lipinski definition) is 0. The average molecular weight is 325 g/mol. The fourth-order valence-corrected chi connectivity index (χ4v) is 5.13. The molecule has 3 rings (SSSR count). The van der Waals surface area contributed by atoms with E-state index in [1.807, 2.05) is 0 Å². The van der Waals surface area contributed by atoms with E-state index >= 15 is 0 Å². The van der Waals surface area contributed by atoms with Gasteiger partial charge in [-0.15, -0.1) is 0 Å². The molecule has 2 aliphatic carbocycles. The monoisotopic (exact) mass is 324 g/mol. The molecule has 24 heavy (non-hydrogen) atoms. The van der Waals surface area contributed by atoms with Crippen LogP contribution < -0.4 is 0 Å². The van der Waals surface area contributed by atoms with Crippen LogP contribution in [0.15, 0.2) is 36.4 Å². The molecule has 1 fully saturated rings. The van der Waals surface area contributed by atoms with Crippen molar-refractivity contribution in [3.05, 3.63) is 47.5 Å². The van der Waals surface area contributed by atoms with E-state index in [0.29, 0.717) is 0 Å². The van der Waals surface area contributed by atoms with Gasteiger partial charge in [0.1, 0.15) is 0 Å². The van der Waals surface area contributed by atoms with Gasteiger partial charge in [0.25, 0.3) is 0 Å². The molecule has 0 heteroatoms. The minimum Gasteiger partial charge on any atom is -0.0885 e. The van der Waals surface area contributed by atoms with Gasteiger partial charge in [-0.3, -0.25) is 0 Å². The Balaban J connectivity index is 1.69. The first-order valence-corrected chi connectivity index (χ1v) is 10.5. The molecule has 0 aliphatic heterocycles. The first-order valence-electron chi connectivity index (χ1n) is 10.5. The summed E-state index contributed by atoms with van der Waals surface area (Å²) >= 11 is 0. The molecule has 2 atom stereocenters. The molecule has 0 nitrogen and oxygen atoms in total. The normalized spacial score (nSPS) is 28.7. The maximum atomic E-state index is 2.43. The van der Waals surface area contributed by atoms with Gasteiger partial charge in [0.15, 0.2) is 0 Å². The highest BCUT2D eigenvalue weighted by Gasteiger charge is 2.30. The SMILES string of the molecule is CCCC1CCC(C(CC2CC=CCC2)c2ccc(C)cc2)CC1. The first kappa shape index (κ1) is 17.8. The maximum Gasteiger partial charge on any atom is -0.0131 e. The molecule has 0 N–H and O–H groups in total. The summed E-state index contributed by atoms with van der Waals surface area (Å²) in [7, 11) is 0. The molecule has 2 aliphatic rings. The van der Waals surface area contributed by atoms with E-state index in [9.17, 15) is 0 Å². The van der Waals surface area contributed by atoms with Gasteiger partial charge >= 0.3 is 0 Å². The Morgan fingerprint density at radius 2 is 1.67 bits per heavy atom. The number of hydrogen-bond donors (Lipinski definition) is 0. The molecule has 1 aromatic carbocycles. The third kappa shape index (κ3) is 4.74. The third-order valence-electron chi connectivity index (χ3n) is 6.63. The number of benzene rings is 1. The summed E-state index contributed by atoms with van der Waals surface area (Å²) in [5.74, 6) is 3.65. The van der Waals surface area contributed by atoms with Gasteiger partial charge in [0.2, 0.25) is 0 Å². The lowest BCUT2D eigenvalue weighted by atomic mass is 9.69. The summed E-state index contributed by atoms with van der Waals surface area (Å²) in [5.41, 5.74) is 3.01. The van der Waals surface area contributed by atoms with Gasteiger partial charge in [0.05, 0.1) is 0 Å². The summed E-state index contributed by atoms with van der Waals surface area (Å²) in [6.07, 6.45) is 18.9. The first-order chi connectivity index (χ1) is 11.8. The molecule has 2 unspecified atom stereocenters. The molecule has 0 spiro atoms. The molecule has 132 valence electrons. The lowest BCUT2D eigenvalue weighted by Crippen LogP contribution is -2.23. The Morgan fingerprint density at radius 1 is 0.917 bits per heavy atom. The van der Waals surface area contributed by atoms with Crippen LogP contribution in [0.25, 0.3) is 0 Å². The van der Waals surface area contributed by atoms with E-state index in [1.54, 1.807) is 5.56 Å². The molecule has 0 radical (unpaired) electrons. The molecule has 0 saturated heterocycles. The summed E-state index contributed by atoms with van der Waals surface area (Å²) in [6, 6.07) is 9.51. The Morgan fingerprint density at radius 3 is 2.29 bits per heavy atom. The van der Waals surface area contributed by atoms with Crippen molar-refractivity contribution in [2.45, 2.75) is 84.0 Å². The highest BCUT2D eigenvalue weighted by molar-refractivity contribution is 5.25. The van der Waals surface area contributed by atoms with E-state index < -0.39 is 0 Å². The molecule has 0 heterocycles. The standard InChI is InChI=1S/C24H36/c1-3-7-20-12-16-23(17-13-20)24(18-21-8-5-4-6-9-21)22-14-10-19(2)11-15-22/h4-5,10-11,14-15,20-21,23-24H,3,6-9,12-13,16-18H2,1-2H3. The van der Waals surface area contributed by atoms with Gasteiger partial charge in [-0.2, -0.15) is 0 Å². The van der Waals surface area contributed by atoms with Crippen LogP contribution in [0.1, 0.15) is 88.2 Å². The fraction of sp³-hybridized carbons (Fsp3) is 0.667. The van der Waals surface area contributed by atoms with Gasteiger partial charge in [-0.25, -0.2) is 0 Å². The molecule has 1 aromatic rings. The Bertz CT molecular complexity index is 501. The third-order valence-corrected chi connectivity index (χ3v) is 6.63. The topological polar surface area (TPSA) is 0 Å². The fourth-order valence-electron chi connectivity index (χ4n) is 5.13. The van der Waals surface area contributed by atoms with Crippen LogP contribution in [0.4, 0.5) is 0 Å². The maximum absolute atomic E-state index is 2.43. The number of rotatable bonds is 6. The summed E-state index contributed by atoms with van der Waals surface area (Å²) in [6.45, 7) is 4.55. The summed E-state index contributed by atoms with van der Waals surface area (Å²) in [5, 5.41) is 0. The van der Waals surface area contributed by atoms with Crippen molar-refractivity contribution in [2.75, 3.05) is 0 Å². The van der Waals surface area contributed by atoms with Crippen LogP contribution in [0.3, 0.4) is 0 Å². The second kappa shape index (κ2) is 8.88. The van der Waals surface area contributed by atoms with E-state index in [4.69, 9.17) is 0 Å². The van der Waals surface area contributed by atoms with E-state index in [2.05, 4.69) is 50.3 Å². The van der Waals surface area contributed by atoms with E-state index in [1.165, 1.54) is 69.8 Å². The molecule has 0 aromatic heterocycles. The minimum absolute atomic E-state index is 0.796. The zero-order valence-electron chi connectivity index (χ0n) is 15.8. The van der Waals surface area contributed by atoms with Crippen LogP contribution in [-0.2, 0) is 0 Å². The lowest BCUT2D eigenvalue weighted by molar-refractivity contribution is 0.211. The summed E-state index contributed by atoms with van der Waals surface area (Å²) in [4.78, 5) is 0. The van der Waals surface area contributed by atoms with Crippen molar-refractivity contribution < 1.29 is 0 Å². The summed E-state index contributed by atoms with van der Waals surface area (Å²) < 4.78 is 0. The molecular formula is C24H36. The lowest BCUT2D eigenvalue weighted by Gasteiger charge is -2.36. The van der Waals surface area contributed by atoms with Crippen LogP contribution in [-0.4, -0.2) is 0 Å². The van der Waals surface area contributed by atoms with E-state index in [0.717, 1.165) is 23.7 Å². The molecule has 1 saturated carbocycles. The number of allylic oxidation sites excluding steroid dienone is 2. The second-order valence-electron chi connectivity index (χ2n) is 8.47. The molecule has 0 amide bonds. The second-order valence-corrected chi connectivity index (χ2v) is 8.47. The van der Waals surface area contributed by atoms with E-state index in [-0.39, 0.29) is 0 Å². The van der Waals surface area contributed by atoms with Crippen molar-refractivity contribution in [3.8, 4) is 0 Å². The smallest absolute Gasteiger partial charge is 0.0131 e. The van der Waals surface area contributed by atoms with Crippen molar-refractivity contribution in [3.63, 3.8) is 0 Å². The minimum atomic E-state index is 0.796. The zero-order valence-corrected chi connectivity index (χ0v) is 15.8. The largest absolute Gasteiger partial charge is 0.0885 e. The predicted octanol–water partition coefficient (Wildman–Crippen LogP) is 7.43. The van der Waals surface area contributed by atoms with Gasteiger partial charge in [-0.1, -0.05) is 74.6 Å². The van der Waals surface area contributed by atoms with Gasteiger partial charge in [-0.05, 0) is 74.7 Å². The van der Waals surface area contributed by atoms with Crippen molar-refractivity contribution in [1.82, 2.24) is 0 Å². The molecular weight excluding hydrogens is 288 g/mol. The predicted molar refractivity (Wildman–Crippen MR) is 105 cm³/mol.